The first kappa shape index (κ1) is 21.8. The molecule has 0 aliphatic carbocycles. The summed E-state index contributed by atoms with van der Waals surface area (Å²) in [5, 5.41) is 5.42. The summed E-state index contributed by atoms with van der Waals surface area (Å²) < 4.78 is 15.3. The van der Waals surface area contributed by atoms with Crippen LogP contribution in [0, 0.1) is 5.82 Å². The highest BCUT2D eigenvalue weighted by molar-refractivity contribution is 6.30. The Balaban J connectivity index is 1.66. The second kappa shape index (κ2) is 9.84. The molecule has 1 aliphatic heterocycles. The second-order valence-electron chi connectivity index (χ2n) is 6.67. The lowest BCUT2D eigenvalue weighted by Gasteiger charge is -2.30. The van der Waals surface area contributed by atoms with Gasteiger partial charge in [0.2, 0.25) is 0 Å². The van der Waals surface area contributed by atoms with Gasteiger partial charge in [-0.3, -0.25) is 14.6 Å². The predicted molar refractivity (Wildman–Crippen MR) is 123 cm³/mol. The zero-order valence-electron chi connectivity index (χ0n) is 17.0. The Morgan fingerprint density at radius 1 is 1.06 bits per heavy atom. The number of hydrazine groups is 1. The molecule has 4 rings (SSSR count). The van der Waals surface area contributed by atoms with E-state index < -0.39 is 17.6 Å². The Bertz CT molecular complexity index is 1250. The van der Waals surface area contributed by atoms with Crippen LogP contribution in [0.25, 0.3) is 0 Å². The van der Waals surface area contributed by atoms with Crippen molar-refractivity contribution in [2.24, 2.45) is 4.99 Å². The van der Waals surface area contributed by atoms with E-state index in [9.17, 15) is 9.59 Å². The molecule has 3 heterocycles. The van der Waals surface area contributed by atoms with Gasteiger partial charge in [0, 0.05) is 36.6 Å². The van der Waals surface area contributed by atoms with Crippen molar-refractivity contribution in [1.29, 1.82) is 0 Å². The molecular formula is C23H16ClFN6O2. The minimum Gasteiger partial charge on any atom is -0.307 e. The molecule has 164 valence electrons. The first-order chi connectivity index (χ1) is 16.0. The van der Waals surface area contributed by atoms with Crippen LogP contribution in [-0.2, 0) is 0 Å². The summed E-state index contributed by atoms with van der Waals surface area (Å²) in [7, 11) is 0. The van der Waals surface area contributed by atoms with Gasteiger partial charge < -0.3 is 5.32 Å². The molecule has 8 nitrogen and oxygen atoms in total. The number of aliphatic imine (C=N–C) groups is 1. The number of halogens is 2. The molecule has 2 aromatic heterocycles. The summed E-state index contributed by atoms with van der Waals surface area (Å²) in [5.41, 5.74) is 0.207. The number of hydrogen-bond acceptors (Lipinski definition) is 6. The van der Waals surface area contributed by atoms with Crippen molar-refractivity contribution in [3.63, 3.8) is 0 Å². The number of rotatable bonds is 5. The van der Waals surface area contributed by atoms with E-state index in [1.165, 1.54) is 54.3 Å². The van der Waals surface area contributed by atoms with Crippen LogP contribution in [0.4, 0.5) is 15.9 Å². The largest absolute Gasteiger partial charge is 0.307 e. The van der Waals surface area contributed by atoms with E-state index in [1.807, 2.05) is 0 Å². The van der Waals surface area contributed by atoms with Gasteiger partial charge in [0.25, 0.3) is 11.8 Å². The summed E-state index contributed by atoms with van der Waals surface area (Å²) >= 11 is 5.79. The summed E-state index contributed by atoms with van der Waals surface area (Å²) in [5.74, 6) is -1.63. The minimum absolute atomic E-state index is 0.0449. The summed E-state index contributed by atoms with van der Waals surface area (Å²) in [6.45, 7) is 0. The molecular weight excluding hydrogens is 447 g/mol. The maximum absolute atomic E-state index is 15.3. The highest BCUT2D eigenvalue weighted by atomic mass is 35.5. The van der Waals surface area contributed by atoms with Gasteiger partial charge in [0.1, 0.15) is 23.7 Å². The average Bonchev–Trinajstić information content (AvgIpc) is 3.11. The fourth-order valence-electron chi connectivity index (χ4n) is 2.91. The van der Waals surface area contributed by atoms with Gasteiger partial charge in [-0.2, -0.15) is 0 Å². The highest BCUT2D eigenvalue weighted by Gasteiger charge is 2.26. The molecule has 0 bridgehead atoms. The molecule has 0 atom stereocenters. The molecule has 0 spiro atoms. The van der Waals surface area contributed by atoms with Gasteiger partial charge in [-0.15, -0.1) is 0 Å². The molecule has 0 saturated heterocycles. The Labute approximate surface area is 193 Å². The van der Waals surface area contributed by atoms with Gasteiger partial charge in [-0.05, 0) is 54.6 Å². The maximum atomic E-state index is 15.3. The standard InChI is InChI=1S/C23H16ClFN6O2/c24-18-6-8-21(28-14-18)29-22(32)16-5-7-20(19(25)12-16)31(30-11-2-1-9-27-15-30)23(33)17-4-3-10-26-13-17/h1-15H,(H,28,29,32). The first-order valence-electron chi connectivity index (χ1n) is 9.65. The smallest absolute Gasteiger partial charge is 0.279 e. The van der Waals surface area contributed by atoms with Gasteiger partial charge in [-0.1, -0.05) is 11.6 Å². The van der Waals surface area contributed by atoms with Crippen molar-refractivity contribution in [1.82, 2.24) is 15.0 Å². The number of amides is 2. The number of benzene rings is 1. The van der Waals surface area contributed by atoms with Crippen LogP contribution < -0.4 is 10.3 Å². The minimum atomic E-state index is -0.789. The predicted octanol–water partition coefficient (Wildman–Crippen LogP) is 4.45. The van der Waals surface area contributed by atoms with Crippen molar-refractivity contribution in [3.8, 4) is 0 Å². The van der Waals surface area contributed by atoms with E-state index in [-0.39, 0.29) is 22.6 Å². The first-order valence-corrected chi connectivity index (χ1v) is 10.0. The zero-order valence-corrected chi connectivity index (χ0v) is 17.7. The highest BCUT2D eigenvalue weighted by Crippen LogP contribution is 2.25. The lowest BCUT2D eigenvalue weighted by Crippen LogP contribution is -2.43. The Kier molecular flexibility index (Phi) is 6.51. The van der Waals surface area contributed by atoms with Crippen LogP contribution in [0.15, 0.2) is 90.6 Å². The molecule has 0 radical (unpaired) electrons. The third-order valence-electron chi connectivity index (χ3n) is 4.45. The number of carbonyl (C=O) groups excluding carboxylic acids is 2. The van der Waals surface area contributed by atoms with Crippen molar-refractivity contribution in [2.45, 2.75) is 0 Å². The summed E-state index contributed by atoms with van der Waals surface area (Å²) in [4.78, 5) is 37.8. The van der Waals surface area contributed by atoms with Crippen LogP contribution in [0.5, 0.6) is 0 Å². The molecule has 3 aromatic rings. The summed E-state index contributed by atoms with van der Waals surface area (Å²) in [6.07, 6.45) is 12.0. The number of anilines is 2. The van der Waals surface area contributed by atoms with E-state index in [2.05, 4.69) is 20.3 Å². The van der Waals surface area contributed by atoms with Gasteiger partial charge in [-0.25, -0.2) is 24.4 Å². The number of hydrogen-bond donors (Lipinski definition) is 1. The van der Waals surface area contributed by atoms with Crippen molar-refractivity contribution in [3.05, 3.63) is 108 Å². The molecule has 0 saturated carbocycles. The van der Waals surface area contributed by atoms with E-state index in [4.69, 9.17) is 11.6 Å². The van der Waals surface area contributed by atoms with E-state index >= 15 is 4.39 Å². The second-order valence-corrected chi connectivity index (χ2v) is 7.10. The van der Waals surface area contributed by atoms with E-state index in [0.717, 1.165) is 11.1 Å². The number of nitrogens with one attached hydrogen (secondary N) is 1. The van der Waals surface area contributed by atoms with Gasteiger partial charge >= 0.3 is 0 Å². The van der Waals surface area contributed by atoms with Crippen LogP contribution in [0.2, 0.25) is 5.02 Å². The molecule has 10 heteroatoms. The lowest BCUT2D eigenvalue weighted by atomic mass is 10.1. The zero-order chi connectivity index (χ0) is 23.2. The Morgan fingerprint density at radius 3 is 2.67 bits per heavy atom. The van der Waals surface area contributed by atoms with E-state index in [1.54, 1.807) is 36.6 Å². The molecule has 1 N–H and O–H groups in total. The quantitative estimate of drug-likeness (QED) is 0.604. The molecule has 1 aromatic carbocycles. The summed E-state index contributed by atoms with van der Waals surface area (Å²) in [6, 6.07) is 10.1. The fraction of sp³-hybridized carbons (Fsp3) is 0. The van der Waals surface area contributed by atoms with Gasteiger partial charge in [0.15, 0.2) is 0 Å². The Morgan fingerprint density at radius 2 is 1.94 bits per heavy atom. The van der Waals surface area contributed by atoms with Crippen molar-refractivity contribution < 1.29 is 14.0 Å². The molecule has 0 fully saturated rings. The van der Waals surface area contributed by atoms with Crippen molar-refractivity contribution >= 4 is 41.3 Å². The normalized spacial score (nSPS) is 12.4. The van der Waals surface area contributed by atoms with Crippen LogP contribution in [0.1, 0.15) is 20.7 Å². The van der Waals surface area contributed by atoms with Crippen molar-refractivity contribution in [2.75, 3.05) is 10.3 Å². The molecule has 33 heavy (non-hydrogen) atoms. The SMILES string of the molecule is O=C(Nc1ccc(Cl)cn1)c1ccc(N(C(=O)c2cccnc2)N2C=CC=CN=C2)c(F)c1. The number of carbonyl (C=O) groups is 2. The Hall–Kier alpha value is -4.37. The number of aromatic nitrogens is 2. The van der Waals surface area contributed by atoms with Gasteiger partial charge in [0.05, 0.1) is 10.6 Å². The van der Waals surface area contributed by atoms with E-state index in [0.29, 0.717) is 5.02 Å². The molecule has 2 amide bonds. The third-order valence-corrected chi connectivity index (χ3v) is 4.67. The monoisotopic (exact) mass is 462 g/mol. The maximum Gasteiger partial charge on any atom is 0.279 e. The fourth-order valence-corrected chi connectivity index (χ4v) is 3.02. The van der Waals surface area contributed by atoms with Crippen LogP contribution in [-0.4, -0.2) is 33.1 Å². The molecule has 0 unspecified atom stereocenters. The number of allylic oxidation sites excluding steroid dienone is 2. The lowest BCUT2D eigenvalue weighted by molar-refractivity contribution is 0.0952. The third kappa shape index (κ3) is 5.10. The topological polar surface area (TPSA) is 90.8 Å². The number of nitrogens with zero attached hydrogens (tertiary/aromatic N) is 5. The van der Waals surface area contributed by atoms with Crippen LogP contribution >= 0.6 is 11.6 Å². The molecule has 1 aliphatic rings. The number of pyridine rings is 2. The average molecular weight is 463 g/mol. The van der Waals surface area contributed by atoms with Crippen LogP contribution in [0.3, 0.4) is 0 Å².